The zero-order valence-corrected chi connectivity index (χ0v) is 13.5. The molecule has 7 heteroatoms. The largest absolute Gasteiger partial charge is 0.497 e. The Balaban J connectivity index is 2.65. The molecule has 0 atom stereocenters. The zero-order valence-electron chi connectivity index (χ0n) is 12.7. The maximum atomic E-state index is 12.1. The Hall–Kier alpha value is -2.33. The fourth-order valence-corrected chi connectivity index (χ4v) is 3.41. The molecule has 1 heterocycles. The summed E-state index contributed by atoms with van der Waals surface area (Å²) < 4.78 is 33.2. The summed E-state index contributed by atoms with van der Waals surface area (Å²) in [5.74, 6) is 0.983. The number of allylic oxidation sites excluding steroid dienone is 1. The fourth-order valence-electron chi connectivity index (χ4n) is 2.31. The van der Waals surface area contributed by atoms with Gasteiger partial charge in [0.15, 0.2) is 10.7 Å². The lowest BCUT2D eigenvalue weighted by Crippen LogP contribution is -2.30. The fraction of sp³-hybridized carbons (Fsp3) is 0.333. The first-order valence-corrected chi connectivity index (χ1v) is 8.31. The number of likely N-dealkylation sites (N-methyl/N-ethyl adjacent to an activating group) is 1. The van der Waals surface area contributed by atoms with Crippen LogP contribution in [0.3, 0.4) is 0 Å². The summed E-state index contributed by atoms with van der Waals surface area (Å²) in [6.45, 7) is 5.02. The van der Waals surface area contributed by atoms with E-state index in [9.17, 15) is 13.7 Å². The number of nitriles is 1. The average molecular weight is 319 g/mol. The molecule has 0 aliphatic carbocycles. The van der Waals surface area contributed by atoms with Crippen LogP contribution < -0.4 is 4.74 Å². The van der Waals surface area contributed by atoms with Gasteiger partial charge in [0.1, 0.15) is 11.8 Å². The van der Waals surface area contributed by atoms with Crippen LogP contribution in [0.15, 0.2) is 33.6 Å². The molecule has 116 valence electrons. The van der Waals surface area contributed by atoms with Crippen LogP contribution in [0.25, 0.3) is 5.57 Å². The topological polar surface area (TPSA) is 82.8 Å². The van der Waals surface area contributed by atoms with Crippen molar-refractivity contribution in [2.45, 2.75) is 13.8 Å². The van der Waals surface area contributed by atoms with Crippen LogP contribution in [0.5, 0.6) is 5.75 Å². The quantitative estimate of drug-likeness (QED) is 0.848. The van der Waals surface area contributed by atoms with Crippen LogP contribution in [-0.4, -0.2) is 39.4 Å². The number of hydrogen-bond donors (Lipinski definition) is 0. The maximum Gasteiger partial charge on any atom is 0.295 e. The van der Waals surface area contributed by atoms with E-state index in [1.165, 1.54) is 0 Å². The lowest BCUT2D eigenvalue weighted by molar-refractivity contribution is 0.415. The van der Waals surface area contributed by atoms with Crippen molar-refractivity contribution >= 4 is 21.4 Å². The van der Waals surface area contributed by atoms with Gasteiger partial charge < -0.3 is 9.64 Å². The highest BCUT2D eigenvalue weighted by molar-refractivity contribution is 7.95. The van der Waals surface area contributed by atoms with E-state index < -0.39 is 10.0 Å². The molecule has 1 aliphatic heterocycles. The number of nitrogens with zero attached hydrogens (tertiary/aromatic N) is 3. The van der Waals surface area contributed by atoms with Gasteiger partial charge in [-0.2, -0.15) is 13.7 Å². The maximum absolute atomic E-state index is 12.1. The van der Waals surface area contributed by atoms with Crippen molar-refractivity contribution in [3.8, 4) is 11.8 Å². The van der Waals surface area contributed by atoms with Gasteiger partial charge in [-0.1, -0.05) is 12.1 Å². The van der Waals surface area contributed by atoms with Gasteiger partial charge in [0.05, 0.1) is 12.7 Å². The Kier molecular flexibility index (Phi) is 4.52. The molecule has 0 radical (unpaired) electrons. The lowest BCUT2D eigenvalue weighted by atomic mass is 10.0. The summed E-state index contributed by atoms with van der Waals surface area (Å²) in [7, 11) is -2.38. The molecule has 0 amide bonds. The summed E-state index contributed by atoms with van der Waals surface area (Å²) in [5, 5.41) is 9.28. The van der Waals surface area contributed by atoms with Gasteiger partial charge in [-0.15, -0.1) is 4.40 Å². The molecule has 0 aromatic heterocycles. The van der Waals surface area contributed by atoms with Crippen LogP contribution >= 0.6 is 0 Å². The standard InChI is InChI=1S/C15H17N3O3S/c1-4-18(5-2)15-14(13(10-16)22(19,20)17-15)11-6-8-12(21-3)9-7-11/h6-9H,4-5H2,1-3H3. The molecule has 0 saturated carbocycles. The Morgan fingerprint density at radius 3 is 2.27 bits per heavy atom. The number of hydrogen-bond acceptors (Lipinski definition) is 5. The number of methoxy groups -OCH3 is 1. The van der Waals surface area contributed by atoms with Crippen molar-refractivity contribution < 1.29 is 13.2 Å². The average Bonchev–Trinajstić information content (AvgIpc) is 2.79. The summed E-state index contributed by atoms with van der Waals surface area (Å²) in [5.41, 5.74) is 0.984. The van der Waals surface area contributed by atoms with Gasteiger partial charge in [-0.05, 0) is 31.5 Å². The van der Waals surface area contributed by atoms with Crippen LogP contribution in [0, 0.1) is 11.3 Å². The van der Waals surface area contributed by atoms with E-state index in [2.05, 4.69) is 4.40 Å². The first-order valence-electron chi connectivity index (χ1n) is 6.87. The summed E-state index contributed by atoms with van der Waals surface area (Å²) >= 11 is 0. The highest BCUT2D eigenvalue weighted by Gasteiger charge is 2.35. The van der Waals surface area contributed by atoms with E-state index >= 15 is 0 Å². The molecular weight excluding hydrogens is 302 g/mol. The van der Waals surface area contributed by atoms with Crippen molar-refractivity contribution in [1.82, 2.24) is 4.90 Å². The highest BCUT2D eigenvalue weighted by atomic mass is 32.2. The van der Waals surface area contributed by atoms with Gasteiger partial charge in [-0.25, -0.2) is 0 Å². The van der Waals surface area contributed by atoms with Crippen LogP contribution in [-0.2, 0) is 10.0 Å². The van der Waals surface area contributed by atoms with E-state index in [0.29, 0.717) is 35.8 Å². The van der Waals surface area contributed by atoms with Crippen LogP contribution in [0.1, 0.15) is 19.4 Å². The number of sulfonamides is 1. The van der Waals surface area contributed by atoms with Crippen molar-refractivity contribution in [2.24, 2.45) is 4.40 Å². The van der Waals surface area contributed by atoms with Crippen molar-refractivity contribution in [3.63, 3.8) is 0 Å². The summed E-state index contributed by atoms with van der Waals surface area (Å²) in [4.78, 5) is 1.51. The molecule has 0 N–H and O–H groups in total. The SMILES string of the molecule is CCN(CC)C1=NS(=O)(=O)C(C#N)=C1c1ccc(OC)cc1. The minimum atomic E-state index is -3.93. The molecule has 0 unspecified atom stereocenters. The predicted octanol–water partition coefficient (Wildman–Crippen LogP) is 2.01. The molecule has 0 bridgehead atoms. The minimum Gasteiger partial charge on any atom is -0.497 e. The molecule has 1 aromatic rings. The van der Waals surface area contributed by atoms with E-state index in [4.69, 9.17) is 4.74 Å². The van der Waals surface area contributed by atoms with Crippen LogP contribution in [0.4, 0.5) is 0 Å². The second kappa shape index (κ2) is 6.20. The van der Waals surface area contributed by atoms with Gasteiger partial charge in [0.2, 0.25) is 0 Å². The molecule has 0 saturated heterocycles. The normalized spacial score (nSPS) is 16.2. The molecule has 1 aliphatic rings. The van der Waals surface area contributed by atoms with Crippen molar-refractivity contribution in [1.29, 1.82) is 5.26 Å². The molecule has 22 heavy (non-hydrogen) atoms. The molecular formula is C15H17N3O3S. The van der Waals surface area contributed by atoms with E-state index in [0.717, 1.165) is 0 Å². The van der Waals surface area contributed by atoms with Crippen molar-refractivity contribution in [3.05, 3.63) is 34.7 Å². The second-order valence-electron chi connectivity index (χ2n) is 4.61. The number of rotatable bonds is 4. The monoisotopic (exact) mass is 319 g/mol. The first kappa shape index (κ1) is 16.0. The second-order valence-corrected chi connectivity index (χ2v) is 6.15. The van der Waals surface area contributed by atoms with Gasteiger partial charge in [-0.3, -0.25) is 0 Å². The molecule has 0 fully saturated rings. The van der Waals surface area contributed by atoms with Gasteiger partial charge >= 0.3 is 0 Å². The molecule has 0 spiro atoms. The smallest absolute Gasteiger partial charge is 0.295 e. The summed E-state index contributed by atoms with van der Waals surface area (Å²) in [6.07, 6.45) is 0. The summed E-state index contributed by atoms with van der Waals surface area (Å²) in [6, 6.07) is 8.69. The third-order valence-electron chi connectivity index (χ3n) is 3.46. The first-order chi connectivity index (χ1) is 10.5. The highest BCUT2D eigenvalue weighted by Crippen LogP contribution is 2.33. The Bertz CT molecular complexity index is 767. The Morgan fingerprint density at radius 1 is 1.23 bits per heavy atom. The lowest BCUT2D eigenvalue weighted by Gasteiger charge is -2.22. The van der Waals surface area contributed by atoms with Gasteiger partial charge in [0.25, 0.3) is 10.0 Å². The number of ether oxygens (including phenoxy) is 1. The van der Waals surface area contributed by atoms with Crippen molar-refractivity contribution in [2.75, 3.05) is 20.2 Å². The molecule has 6 nitrogen and oxygen atoms in total. The zero-order chi connectivity index (χ0) is 16.3. The number of benzene rings is 1. The Morgan fingerprint density at radius 2 is 1.82 bits per heavy atom. The van der Waals surface area contributed by atoms with Crippen LogP contribution in [0.2, 0.25) is 0 Å². The third-order valence-corrected chi connectivity index (χ3v) is 4.68. The van der Waals surface area contributed by atoms with E-state index in [1.54, 1.807) is 37.4 Å². The van der Waals surface area contributed by atoms with Gasteiger partial charge in [0, 0.05) is 13.1 Å². The predicted molar refractivity (Wildman–Crippen MR) is 84.8 cm³/mol. The molecule has 2 rings (SSSR count). The number of amidine groups is 1. The third kappa shape index (κ3) is 2.70. The van der Waals surface area contributed by atoms with E-state index in [-0.39, 0.29) is 4.91 Å². The minimum absolute atomic E-state index is 0.306. The van der Waals surface area contributed by atoms with E-state index in [1.807, 2.05) is 18.7 Å². The molecule has 1 aromatic carbocycles. The Labute approximate surface area is 130 Å².